The number of tetrazole rings is 1. The maximum absolute atomic E-state index is 12.2. The number of carbonyl (C=O) groups excluding carboxylic acids is 1. The lowest BCUT2D eigenvalue weighted by atomic mass is 10.0. The number of carbonyl (C=O) groups is 1. The maximum Gasteiger partial charge on any atom is 0.407 e. The van der Waals surface area contributed by atoms with Gasteiger partial charge in [-0.25, -0.2) is 22.6 Å². The summed E-state index contributed by atoms with van der Waals surface area (Å²) in [6.07, 6.45) is 21.0. The van der Waals surface area contributed by atoms with Gasteiger partial charge in [0.05, 0.1) is 5.75 Å². The van der Waals surface area contributed by atoms with Crippen LogP contribution >= 0.6 is 22.6 Å². The Hall–Kier alpha value is -1.02. The highest BCUT2D eigenvalue weighted by atomic mass is 127. The molecule has 1 heterocycles. The first-order valence-electron chi connectivity index (χ1n) is 15.1. The van der Waals surface area contributed by atoms with Crippen LogP contribution in [0.1, 0.15) is 128 Å². The zero-order valence-electron chi connectivity index (χ0n) is 24.3. The molecule has 228 valence electrons. The summed E-state index contributed by atoms with van der Waals surface area (Å²) in [5.74, 6) is 0.571. The van der Waals surface area contributed by atoms with E-state index in [1.807, 2.05) is 0 Å². The Morgan fingerprint density at radius 3 is 1.92 bits per heavy atom. The average Bonchev–Trinajstić information content (AvgIpc) is 3.34. The molecule has 12 heteroatoms. The number of nitrogens with zero attached hydrogens (tertiary/aromatic N) is 4. The number of alkyl halides is 1. The van der Waals surface area contributed by atoms with Crippen molar-refractivity contribution >= 4 is 38.7 Å². The van der Waals surface area contributed by atoms with E-state index in [2.05, 4.69) is 55.1 Å². The van der Waals surface area contributed by atoms with E-state index >= 15 is 0 Å². The molecule has 0 fully saturated rings. The molecule has 1 aromatic rings. The van der Waals surface area contributed by atoms with E-state index in [1.165, 1.54) is 94.6 Å². The Kier molecular flexibility index (Phi) is 21.8. The number of ether oxygens (including phenoxy) is 1. The largest absolute Gasteiger partial charge is 0.447 e. The molecular weight excluding hydrogens is 631 g/mol. The molecule has 0 radical (unpaired) electrons. The van der Waals surface area contributed by atoms with Crippen molar-refractivity contribution in [3.63, 3.8) is 0 Å². The second-order valence-corrected chi connectivity index (χ2v) is 13.4. The van der Waals surface area contributed by atoms with Crippen LogP contribution in [0.25, 0.3) is 0 Å². The smallest absolute Gasteiger partial charge is 0.407 e. The molecule has 0 aromatic carbocycles. The third kappa shape index (κ3) is 19.7. The first-order valence-corrected chi connectivity index (χ1v) is 18.3. The third-order valence-corrected chi connectivity index (χ3v) is 8.99. The summed E-state index contributed by atoms with van der Waals surface area (Å²) in [6, 6.07) is -0.532. The minimum Gasteiger partial charge on any atom is -0.447 e. The van der Waals surface area contributed by atoms with Crippen LogP contribution in [0, 0.1) is 6.92 Å². The Morgan fingerprint density at radius 1 is 0.897 bits per heavy atom. The summed E-state index contributed by atoms with van der Waals surface area (Å²) < 4.78 is 34.5. The number of hydrogen-bond acceptors (Lipinski definition) is 7. The van der Waals surface area contributed by atoms with Gasteiger partial charge in [0.1, 0.15) is 18.5 Å². The molecular formula is C27H53IN6O4S. The van der Waals surface area contributed by atoms with Gasteiger partial charge in [0.2, 0.25) is 10.0 Å². The van der Waals surface area contributed by atoms with Crippen LogP contribution < -0.4 is 10.0 Å². The number of nitrogens with one attached hydrogen (secondary N) is 2. The lowest BCUT2D eigenvalue weighted by molar-refractivity contribution is 0.125. The highest BCUT2D eigenvalue weighted by Crippen LogP contribution is 2.14. The zero-order chi connectivity index (χ0) is 28.6. The van der Waals surface area contributed by atoms with Crippen LogP contribution in [0.15, 0.2) is 0 Å². The van der Waals surface area contributed by atoms with E-state index in [-0.39, 0.29) is 18.9 Å². The number of unbranched alkanes of at least 4 members (excludes halogenated alkanes) is 15. The number of alkyl carbamates (subject to hydrolysis) is 1. The van der Waals surface area contributed by atoms with E-state index in [9.17, 15) is 13.2 Å². The molecule has 0 aliphatic heterocycles. The molecule has 0 aliphatic rings. The fourth-order valence-corrected chi connectivity index (χ4v) is 6.43. The van der Waals surface area contributed by atoms with Crippen molar-refractivity contribution in [3.05, 3.63) is 5.82 Å². The Bertz CT molecular complexity index is 840. The second-order valence-electron chi connectivity index (χ2n) is 10.4. The standard InChI is InChI=1S/C27H53IN6O4S/c1-3-4-5-6-7-8-9-10-11-12-13-14-15-16-17-18-21-29-27(35)38-24-26(34-25(2)31-32-33-34)23-30-39(36,37)22-19-20-28/h26,30H,3-24H2,1-2H3,(H,29,35). The number of aryl methyl sites for hydroxylation is 1. The molecule has 1 aromatic heterocycles. The van der Waals surface area contributed by atoms with Gasteiger partial charge in [0.15, 0.2) is 0 Å². The van der Waals surface area contributed by atoms with Crippen LogP contribution in [-0.2, 0) is 14.8 Å². The summed E-state index contributed by atoms with van der Waals surface area (Å²) >= 11 is 2.15. The van der Waals surface area contributed by atoms with Gasteiger partial charge in [0, 0.05) is 17.5 Å². The number of halogens is 1. The highest BCUT2D eigenvalue weighted by Gasteiger charge is 2.20. The van der Waals surface area contributed by atoms with Crippen LogP contribution in [0.4, 0.5) is 4.79 Å². The first-order chi connectivity index (χ1) is 18.9. The SMILES string of the molecule is CCCCCCCCCCCCCCCCCCNC(=O)OCC(CNS(=O)(=O)CCCI)n1nnnc1C. The molecule has 10 nitrogen and oxygen atoms in total. The summed E-state index contributed by atoms with van der Waals surface area (Å²) in [6.45, 7) is 4.56. The molecule has 1 unspecified atom stereocenters. The van der Waals surface area contributed by atoms with E-state index in [0.717, 1.165) is 17.3 Å². The van der Waals surface area contributed by atoms with E-state index in [0.29, 0.717) is 18.8 Å². The van der Waals surface area contributed by atoms with Gasteiger partial charge >= 0.3 is 6.09 Å². The summed E-state index contributed by atoms with van der Waals surface area (Å²) in [4.78, 5) is 12.2. The van der Waals surface area contributed by atoms with E-state index in [4.69, 9.17) is 4.74 Å². The molecule has 1 amide bonds. The third-order valence-electron chi connectivity index (χ3n) is 6.80. The van der Waals surface area contributed by atoms with Crippen LogP contribution in [0.3, 0.4) is 0 Å². The molecule has 1 rings (SSSR count). The molecule has 39 heavy (non-hydrogen) atoms. The van der Waals surface area contributed by atoms with Crippen molar-refractivity contribution in [1.82, 2.24) is 30.2 Å². The predicted molar refractivity (Wildman–Crippen MR) is 166 cm³/mol. The lowest BCUT2D eigenvalue weighted by Gasteiger charge is -2.18. The normalized spacial score (nSPS) is 12.5. The van der Waals surface area contributed by atoms with Crippen molar-refractivity contribution < 1.29 is 17.9 Å². The second kappa shape index (κ2) is 23.7. The molecule has 1 atom stereocenters. The van der Waals surface area contributed by atoms with E-state index in [1.54, 1.807) is 6.92 Å². The lowest BCUT2D eigenvalue weighted by Crippen LogP contribution is -2.36. The molecule has 0 bridgehead atoms. The number of hydrogen-bond donors (Lipinski definition) is 2. The number of rotatable bonds is 26. The van der Waals surface area contributed by atoms with Gasteiger partial charge in [-0.3, -0.25) is 0 Å². The predicted octanol–water partition coefficient (Wildman–Crippen LogP) is 6.25. The fraction of sp³-hybridized carbons (Fsp3) is 0.926. The van der Waals surface area contributed by atoms with Crippen molar-refractivity contribution in [2.24, 2.45) is 0 Å². The monoisotopic (exact) mass is 684 g/mol. The van der Waals surface area contributed by atoms with E-state index < -0.39 is 22.2 Å². The van der Waals surface area contributed by atoms with Gasteiger partial charge in [-0.15, -0.1) is 5.10 Å². The van der Waals surface area contributed by atoms with Gasteiger partial charge < -0.3 is 10.1 Å². The topological polar surface area (TPSA) is 128 Å². The number of sulfonamides is 1. The van der Waals surface area contributed by atoms with Crippen LogP contribution in [0.5, 0.6) is 0 Å². The minimum absolute atomic E-state index is 0.0362. The zero-order valence-corrected chi connectivity index (χ0v) is 27.3. The minimum atomic E-state index is -3.41. The summed E-state index contributed by atoms with van der Waals surface area (Å²) in [5.41, 5.74) is 0. The summed E-state index contributed by atoms with van der Waals surface area (Å²) in [5, 5.41) is 14.2. The Balaban J connectivity index is 2.08. The number of aromatic nitrogens is 4. The average molecular weight is 685 g/mol. The van der Waals surface area contributed by atoms with Gasteiger partial charge in [-0.1, -0.05) is 126 Å². The fourth-order valence-electron chi connectivity index (χ4n) is 4.42. The number of amides is 1. The Labute approximate surface area is 250 Å². The summed E-state index contributed by atoms with van der Waals surface area (Å²) in [7, 11) is -3.41. The van der Waals surface area contributed by atoms with Crippen LogP contribution in [-0.4, -0.2) is 64.6 Å². The van der Waals surface area contributed by atoms with Crippen molar-refractivity contribution in [2.45, 2.75) is 129 Å². The molecule has 0 saturated heterocycles. The van der Waals surface area contributed by atoms with Gasteiger partial charge in [-0.2, -0.15) is 0 Å². The Morgan fingerprint density at radius 2 is 1.44 bits per heavy atom. The van der Waals surface area contributed by atoms with Crippen molar-refractivity contribution in [2.75, 3.05) is 29.9 Å². The quantitative estimate of drug-likeness (QED) is 0.0671. The van der Waals surface area contributed by atoms with Gasteiger partial charge in [-0.05, 0) is 30.2 Å². The first kappa shape index (κ1) is 36.0. The van der Waals surface area contributed by atoms with Gasteiger partial charge in [0.25, 0.3) is 0 Å². The maximum atomic E-state index is 12.2. The van der Waals surface area contributed by atoms with Crippen LogP contribution in [0.2, 0.25) is 0 Å². The molecule has 0 saturated carbocycles. The molecule has 2 N–H and O–H groups in total. The molecule has 0 spiro atoms. The highest BCUT2D eigenvalue weighted by molar-refractivity contribution is 14.1. The van der Waals surface area contributed by atoms with Crippen molar-refractivity contribution in [1.29, 1.82) is 0 Å². The van der Waals surface area contributed by atoms with Crippen molar-refractivity contribution in [3.8, 4) is 0 Å². The molecule has 0 aliphatic carbocycles.